The molecule has 0 aliphatic rings. The number of esters is 1. The van der Waals surface area contributed by atoms with Crippen LogP contribution in [0.5, 0.6) is 5.75 Å². The highest BCUT2D eigenvalue weighted by Gasteiger charge is 2.11. The molecule has 0 aromatic heterocycles. The summed E-state index contributed by atoms with van der Waals surface area (Å²) in [6.45, 7) is 2.78. The molecule has 0 aliphatic heterocycles. The molecule has 3 heteroatoms. The molecule has 0 atom stereocenters. The summed E-state index contributed by atoms with van der Waals surface area (Å²) in [5.74, 6) is 0.247. The van der Waals surface area contributed by atoms with E-state index >= 15 is 0 Å². The van der Waals surface area contributed by atoms with Crippen molar-refractivity contribution >= 4 is 5.97 Å². The van der Waals surface area contributed by atoms with Crippen LogP contribution in [0.1, 0.15) is 36.5 Å². The largest absolute Gasteiger partial charge is 0.493 e. The van der Waals surface area contributed by atoms with Crippen molar-refractivity contribution in [1.82, 2.24) is 0 Å². The fraction of sp³-hybridized carbons (Fsp3) is 0.462. The van der Waals surface area contributed by atoms with Crippen LogP contribution in [0.15, 0.2) is 24.3 Å². The number of para-hydroxylation sites is 1. The second-order valence-electron chi connectivity index (χ2n) is 3.54. The van der Waals surface area contributed by atoms with E-state index in [9.17, 15) is 4.79 Å². The average Bonchev–Trinajstić information content (AvgIpc) is 2.34. The predicted molar refractivity (Wildman–Crippen MR) is 62.8 cm³/mol. The van der Waals surface area contributed by atoms with Gasteiger partial charge >= 0.3 is 5.97 Å². The number of hydrogen-bond acceptors (Lipinski definition) is 3. The van der Waals surface area contributed by atoms with Crippen molar-refractivity contribution in [2.24, 2.45) is 0 Å². The van der Waals surface area contributed by atoms with Gasteiger partial charge in [0.05, 0.1) is 13.7 Å². The number of ether oxygens (including phenoxy) is 2. The second kappa shape index (κ2) is 6.88. The van der Waals surface area contributed by atoms with E-state index in [1.165, 1.54) is 7.11 Å². The van der Waals surface area contributed by atoms with E-state index in [0.29, 0.717) is 17.9 Å². The minimum absolute atomic E-state index is 0.355. The van der Waals surface area contributed by atoms with E-state index in [0.717, 1.165) is 19.3 Å². The number of carbonyl (C=O) groups excluding carboxylic acids is 1. The van der Waals surface area contributed by atoms with Gasteiger partial charge in [-0.2, -0.15) is 0 Å². The molecule has 0 radical (unpaired) electrons. The molecule has 0 unspecified atom stereocenters. The Bertz CT molecular complexity index is 334. The molecule has 0 saturated carbocycles. The lowest BCUT2D eigenvalue weighted by atomic mass is 10.2. The first-order valence-electron chi connectivity index (χ1n) is 5.59. The van der Waals surface area contributed by atoms with Crippen LogP contribution in [0.3, 0.4) is 0 Å². The molecule has 3 nitrogen and oxygen atoms in total. The molecule has 0 heterocycles. The lowest BCUT2D eigenvalue weighted by Gasteiger charge is -2.09. The van der Waals surface area contributed by atoms with Crippen LogP contribution in [0.25, 0.3) is 0 Å². The molecule has 0 N–H and O–H groups in total. The Morgan fingerprint density at radius 2 is 2.00 bits per heavy atom. The third-order valence-electron chi connectivity index (χ3n) is 2.30. The van der Waals surface area contributed by atoms with Crippen molar-refractivity contribution in [3.05, 3.63) is 29.8 Å². The minimum Gasteiger partial charge on any atom is -0.493 e. The van der Waals surface area contributed by atoms with E-state index in [1.54, 1.807) is 18.2 Å². The van der Waals surface area contributed by atoms with Gasteiger partial charge in [0.1, 0.15) is 11.3 Å². The fourth-order valence-corrected chi connectivity index (χ4v) is 1.41. The summed E-state index contributed by atoms with van der Waals surface area (Å²) < 4.78 is 10.2. The van der Waals surface area contributed by atoms with E-state index in [1.807, 2.05) is 6.07 Å². The van der Waals surface area contributed by atoms with E-state index < -0.39 is 0 Å². The number of hydrogen-bond donors (Lipinski definition) is 0. The smallest absolute Gasteiger partial charge is 0.341 e. The summed E-state index contributed by atoms with van der Waals surface area (Å²) in [6, 6.07) is 7.14. The van der Waals surface area contributed by atoms with Crippen LogP contribution in [0, 0.1) is 0 Å². The van der Waals surface area contributed by atoms with Gasteiger partial charge in [0, 0.05) is 0 Å². The van der Waals surface area contributed by atoms with Crippen molar-refractivity contribution in [2.45, 2.75) is 26.2 Å². The lowest BCUT2D eigenvalue weighted by Crippen LogP contribution is -2.06. The number of rotatable bonds is 6. The molecule has 0 spiro atoms. The Hall–Kier alpha value is -1.51. The highest BCUT2D eigenvalue weighted by Crippen LogP contribution is 2.19. The molecule has 88 valence electrons. The fourth-order valence-electron chi connectivity index (χ4n) is 1.41. The maximum Gasteiger partial charge on any atom is 0.341 e. The third-order valence-corrected chi connectivity index (χ3v) is 2.30. The predicted octanol–water partition coefficient (Wildman–Crippen LogP) is 3.04. The standard InChI is InChI=1S/C13H18O3/c1-3-4-7-10-16-12-9-6-5-8-11(12)13(14)15-2/h5-6,8-9H,3-4,7,10H2,1-2H3. The monoisotopic (exact) mass is 222 g/mol. The molecule has 0 amide bonds. The summed E-state index contributed by atoms with van der Waals surface area (Å²) in [4.78, 5) is 11.4. The summed E-state index contributed by atoms with van der Waals surface area (Å²) in [6.07, 6.45) is 3.30. The molecule has 1 rings (SSSR count). The zero-order valence-corrected chi connectivity index (χ0v) is 9.86. The molecule has 1 aromatic carbocycles. The molecule has 1 aromatic rings. The summed E-state index contributed by atoms with van der Waals surface area (Å²) in [7, 11) is 1.37. The topological polar surface area (TPSA) is 35.5 Å². The SMILES string of the molecule is CCCCCOc1ccccc1C(=O)OC. The Balaban J connectivity index is 2.60. The Morgan fingerprint density at radius 3 is 2.69 bits per heavy atom. The van der Waals surface area contributed by atoms with Crippen LogP contribution >= 0.6 is 0 Å². The van der Waals surface area contributed by atoms with Crippen LogP contribution in [0.2, 0.25) is 0 Å². The molecular weight excluding hydrogens is 204 g/mol. The maximum atomic E-state index is 11.4. The van der Waals surface area contributed by atoms with Gasteiger partial charge in [-0.15, -0.1) is 0 Å². The highest BCUT2D eigenvalue weighted by molar-refractivity contribution is 5.92. The molecule has 0 bridgehead atoms. The average molecular weight is 222 g/mol. The van der Waals surface area contributed by atoms with Crippen LogP contribution < -0.4 is 4.74 Å². The third kappa shape index (κ3) is 3.57. The van der Waals surface area contributed by atoms with E-state index in [-0.39, 0.29) is 5.97 Å². The van der Waals surface area contributed by atoms with Crippen molar-refractivity contribution in [3.8, 4) is 5.75 Å². The van der Waals surface area contributed by atoms with Gasteiger partial charge in [-0.1, -0.05) is 31.9 Å². The first-order valence-corrected chi connectivity index (χ1v) is 5.59. The van der Waals surface area contributed by atoms with Crippen LogP contribution in [-0.2, 0) is 4.74 Å². The number of methoxy groups -OCH3 is 1. The normalized spacial score (nSPS) is 9.88. The van der Waals surface area contributed by atoms with Crippen molar-refractivity contribution < 1.29 is 14.3 Å². The Kier molecular flexibility index (Phi) is 5.40. The number of carbonyl (C=O) groups is 1. The zero-order chi connectivity index (χ0) is 11.8. The summed E-state index contributed by atoms with van der Waals surface area (Å²) in [5.41, 5.74) is 0.487. The van der Waals surface area contributed by atoms with Crippen molar-refractivity contribution in [3.63, 3.8) is 0 Å². The lowest BCUT2D eigenvalue weighted by molar-refractivity contribution is 0.0596. The first kappa shape index (κ1) is 12.6. The summed E-state index contributed by atoms with van der Waals surface area (Å²) in [5, 5.41) is 0. The number of unbranched alkanes of at least 4 members (excludes halogenated alkanes) is 2. The first-order chi connectivity index (χ1) is 7.79. The van der Waals surface area contributed by atoms with Gasteiger partial charge in [-0.25, -0.2) is 4.79 Å². The van der Waals surface area contributed by atoms with Gasteiger partial charge in [-0.3, -0.25) is 0 Å². The van der Waals surface area contributed by atoms with Gasteiger partial charge in [0.25, 0.3) is 0 Å². The molecular formula is C13H18O3. The van der Waals surface area contributed by atoms with Gasteiger partial charge in [0.15, 0.2) is 0 Å². The quantitative estimate of drug-likeness (QED) is 0.548. The van der Waals surface area contributed by atoms with Gasteiger partial charge < -0.3 is 9.47 Å². The Morgan fingerprint density at radius 1 is 1.25 bits per heavy atom. The molecule has 0 aliphatic carbocycles. The maximum absolute atomic E-state index is 11.4. The second-order valence-corrected chi connectivity index (χ2v) is 3.54. The number of benzene rings is 1. The highest BCUT2D eigenvalue weighted by atomic mass is 16.5. The van der Waals surface area contributed by atoms with Gasteiger partial charge in [-0.05, 0) is 18.6 Å². The molecule has 0 fully saturated rings. The van der Waals surface area contributed by atoms with E-state index in [2.05, 4.69) is 11.7 Å². The van der Waals surface area contributed by atoms with Crippen LogP contribution in [-0.4, -0.2) is 19.7 Å². The Labute approximate surface area is 96.4 Å². The molecule has 0 saturated heterocycles. The van der Waals surface area contributed by atoms with Crippen molar-refractivity contribution in [1.29, 1.82) is 0 Å². The van der Waals surface area contributed by atoms with Crippen LogP contribution in [0.4, 0.5) is 0 Å². The van der Waals surface area contributed by atoms with Crippen molar-refractivity contribution in [2.75, 3.05) is 13.7 Å². The molecule has 16 heavy (non-hydrogen) atoms. The zero-order valence-electron chi connectivity index (χ0n) is 9.86. The van der Waals surface area contributed by atoms with Gasteiger partial charge in [0.2, 0.25) is 0 Å². The minimum atomic E-state index is -0.355. The van der Waals surface area contributed by atoms with E-state index in [4.69, 9.17) is 4.74 Å². The summed E-state index contributed by atoms with van der Waals surface area (Å²) >= 11 is 0.